The Kier molecular flexibility index (Phi) is 5.40. The van der Waals surface area contributed by atoms with E-state index in [0.717, 1.165) is 0 Å². The minimum absolute atomic E-state index is 0.0245. The third-order valence-electron chi connectivity index (χ3n) is 4.49. The molecule has 0 heterocycles. The number of anilines is 4. The van der Waals surface area contributed by atoms with E-state index < -0.39 is 0 Å². The van der Waals surface area contributed by atoms with E-state index in [9.17, 15) is 20.1 Å². The molecule has 31 heavy (non-hydrogen) atoms. The van der Waals surface area contributed by atoms with Crippen molar-refractivity contribution < 1.29 is 20.1 Å². The van der Waals surface area contributed by atoms with E-state index in [0.29, 0.717) is 34.1 Å². The number of rotatable bonds is 5. The summed E-state index contributed by atoms with van der Waals surface area (Å²) in [4.78, 5) is 15.9. The van der Waals surface area contributed by atoms with Crippen molar-refractivity contribution in [2.75, 3.05) is 10.6 Å². The molecule has 0 saturated heterocycles. The number of aliphatic imine (C=N–C) groups is 1. The number of nitrogens with one attached hydrogen (secondary N) is 2. The quantitative estimate of drug-likeness (QED) is 0.227. The summed E-state index contributed by atoms with van der Waals surface area (Å²) in [6.45, 7) is 0. The molecule has 4 rings (SSSR count). The molecule has 3 aromatic carbocycles. The van der Waals surface area contributed by atoms with Crippen molar-refractivity contribution in [3.63, 3.8) is 0 Å². The number of hydrogen-bond acceptors (Lipinski definition) is 7. The van der Waals surface area contributed by atoms with Gasteiger partial charge in [-0.25, -0.2) is 4.99 Å². The number of carbonyl (C=O) groups excluding carboxylic acids is 1. The van der Waals surface area contributed by atoms with Crippen molar-refractivity contribution in [1.29, 1.82) is 0 Å². The molecule has 5 N–H and O–H groups in total. The Bertz CT molecular complexity index is 1190. The van der Waals surface area contributed by atoms with Crippen LogP contribution in [0.15, 0.2) is 90.0 Å². The summed E-state index contributed by atoms with van der Waals surface area (Å²) in [6.07, 6.45) is 6.05. The minimum Gasteiger partial charge on any atom is -0.508 e. The standard InChI is InChI=1S/C24H19N3O4/c28-18-7-1-15(2-8-18)25-21-13-23(27-17-5-11-20(30)12-6-17)24(31)14-22(21)26-16-3-9-19(29)10-4-16/h1-14,25,27-28,30-31H. The number of phenolic OH excluding ortho intramolecular Hbond substituents is 3. The number of ketones is 1. The molecule has 1 aliphatic rings. The number of benzene rings is 3. The summed E-state index contributed by atoms with van der Waals surface area (Å²) in [5.41, 5.74) is 3.44. The van der Waals surface area contributed by atoms with Crippen molar-refractivity contribution >= 4 is 39.9 Å². The average Bonchev–Trinajstić information content (AvgIpc) is 2.76. The first-order valence-corrected chi connectivity index (χ1v) is 9.44. The van der Waals surface area contributed by atoms with Crippen LogP contribution in [0.3, 0.4) is 0 Å². The van der Waals surface area contributed by atoms with Crippen LogP contribution in [-0.4, -0.2) is 26.8 Å². The maximum atomic E-state index is 11.4. The lowest BCUT2D eigenvalue weighted by molar-refractivity contribution is -0.110. The van der Waals surface area contributed by atoms with Crippen molar-refractivity contribution in [2.45, 2.75) is 0 Å². The highest BCUT2D eigenvalue weighted by molar-refractivity contribution is 6.17. The molecular weight excluding hydrogens is 394 g/mol. The van der Waals surface area contributed by atoms with Crippen LogP contribution in [0.4, 0.5) is 28.4 Å². The number of nitrogens with zero attached hydrogens (tertiary/aromatic N) is 1. The van der Waals surface area contributed by atoms with Gasteiger partial charge in [0.25, 0.3) is 0 Å². The Morgan fingerprint density at radius 3 is 1.71 bits per heavy atom. The normalized spacial score (nSPS) is 12.6. The summed E-state index contributed by atoms with van der Waals surface area (Å²) in [5, 5.41) is 35.9. The molecule has 0 radical (unpaired) electrons. The minimum atomic E-state index is -0.113. The molecular formula is C24H19N3O4. The Hall–Kier alpha value is -4.52. The Labute approximate surface area is 178 Å². The number of aromatic hydroxyl groups is 3. The van der Waals surface area contributed by atoms with Gasteiger partial charge in [-0.1, -0.05) is 0 Å². The van der Waals surface area contributed by atoms with Gasteiger partial charge < -0.3 is 26.0 Å². The first-order valence-electron chi connectivity index (χ1n) is 9.44. The molecule has 0 atom stereocenters. The predicted octanol–water partition coefficient (Wildman–Crippen LogP) is 5.06. The first-order chi connectivity index (χ1) is 15.0. The first kappa shape index (κ1) is 19.8. The highest BCUT2D eigenvalue weighted by Gasteiger charge is 2.12. The summed E-state index contributed by atoms with van der Waals surface area (Å²) in [5.74, 6) is 0.150. The maximum absolute atomic E-state index is 11.4. The van der Waals surface area contributed by atoms with Gasteiger partial charge in [0.2, 0.25) is 0 Å². The summed E-state index contributed by atoms with van der Waals surface area (Å²) in [7, 11) is 0. The van der Waals surface area contributed by atoms with Crippen molar-refractivity contribution in [1.82, 2.24) is 0 Å². The van der Waals surface area contributed by atoms with E-state index in [1.165, 1.54) is 18.2 Å². The summed E-state index contributed by atoms with van der Waals surface area (Å²) in [6, 6.07) is 16.2. The van der Waals surface area contributed by atoms with Gasteiger partial charge in [0.15, 0.2) is 5.78 Å². The van der Waals surface area contributed by atoms with Crippen LogP contribution < -0.4 is 10.6 Å². The van der Waals surface area contributed by atoms with Crippen LogP contribution in [-0.2, 0) is 4.79 Å². The molecule has 0 spiro atoms. The smallest absolute Gasteiger partial charge is 0.178 e. The Morgan fingerprint density at radius 2 is 1.16 bits per heavy atom. The second-order valence-corrected chi connectivity index (χ2v) is 6.84. The van der Waals surface area contributed by atoms with Gasteiger partial charge in [-0.2, -0.15) is 0 Å². The zero-order valence-electron chi connectivity index (χ0n) is 16.3. The summed E-state index contributed by atoms with van der Waals surface area (Å²) >= 11 is 0. The predicted molar refractivity (Wildman–Crippen MR) is 121 cm³/mol. The van der Waals surface area contributed by atoms with E-state index in [1.807, 2.05) is 0 Å². The molecule has 1 aliphatic carbocycles. The van der Waals surface area contributed by atoms with Crippen LogP contribution in [0, 0.1) is 0 Å². The van der Waals surface area contributed by atoms with Gasteiger partial charge >= 0.3 is 0 Å². The van der Waals surface area contributed by atoms with Crippen molar-refractivity contribution in [2.24, 2.45) is 4.99 Å². The molecule has 0 fully saturated rings. The lowest BCUT2D eigenvalue weighted by atomic mass is 10.1. The lowest BCUT2D eigenvalue weighted by Gasteiger charge is -2.15. The number of allylic oxidation sites excluding steroid dienone is 4. The molecule has 0 aromatic heterocycles. The highest BCUT2D eigenvalue weighted by Crippen LogP contribution is 2.39. The monoisotopic (exact) mass is 413 g/mol. The van der Waals surface area contributed by atoms with Gasteiger partial charge in [0.1, 0.15) is 17.2 Å². The van der Waals surface area contributed by atoms with Gasteiger partial charge in [-0.3, -0.25) is 4.79 Å². The van der Waals surface area contributed by atoms with E-state index in [1.54, 1.807) is 66.7 Å². The van der Waals surface area contributed by atoms with E-state index in [2.05, 4.69) is 15.6 Å². The highest BCUT2D eigenvalue weighted by atomic mass is 16.3. The van der Waals surface area contributed by atoms with E-state index in [-0.39, 0.29) is 23.0 Å². The molecule has 0 amide bonds. The van der Waals surface area contributed by atoms with Crippen molar-refractivity contribution in [3.8, 4) is 17.2 Å². The zero-order chi connectivity index (χ0) is 21.8. The third-order valence-corrected chi connectivity index (χ3v) is 4.49. The molecule has 7 nitrogen and oxygen atoms in total. The molecule has 0 bridgehead atoms. The maximum Gasteiger partial charge on any atom is 0.178 e. The fourth-order valence-electron chi connectivity index (χ4n) is 2.93. The molecule has 0 aliphatic heterocycles. The molecule has 0 saturated carbocycles. The summed E-state index contributed by atoms with van der Waals surface area (Å²) < 4.78 is 0. The molecule has 3 aromatic rings. The average molecular weight is 413 g/mol. The van der Waals surface area contributed by atoms with Crippen LogP contribution in [0.25, 0.3) is 0 Å². The van der Waals surface area contributed by atoms with Crippen LogP contribution in [0.1, 0.15) is 0 Å². The van der Waals surface area contributed by atoms with Crippen LogP contribution in [0.5, 0.6) is 17.2 Å². The zero-order valence-corrected chi connectivity index (χ0v) is 16.3. The largest absolute Gasteiger partial charge is 0.508 e. The lowest BCUT2D eigenvalue weighted by Crippen LogP contribution is -2.00. The van der Waals surface area contributed by atoms with E-state index in [4.69, 9.17) is 0 Å². The fourth-order valence-corrected chi connectivity index (χ4v) is 2.93. The van der Waals surface area contributed by atoms with Gasteiger partial charge in [-0.05, 0) is 78.9 Å². The van der Waals surface area contributed by atoms with Crippen molar-refractivity contribution in [3.05, 3.63) is 85.0 Å². The number of phenols is 3. The second kappa shape index (κ2) is 8.46. The van der Waals surface area contributed by atoms with Crippen LogP contribution >= 0.6 is 0 Å². The van der Waals surface area contributed by atoms with Gasteiger partial charge in [-0.15, -0.1) is 0 Å². The topological polar surface area (TPSA) is 114 Å². The fraction of sp³-hybridized carbons (Fsp3) is 0. The molecule has 0 unspecified atom stereocenters. The van der Waals surface area contributed by atoms with E-state index >= 15 is 0 Å². The Morgan fingerprint density at radius 1 is 0.645 bits per heavy atom. The number of carbonyl (C=O) groups is 1. The SMILES string of the molecule is O=C1C=CC(=Nc2cc(O)c(Nc3ccc(O)cc3)cc2Nc2ccc(O)cc2)C=C1. The van der Waals surface area contributed by atoms with Crippen LogP contribution in [0.2, 0.25) is 0 Å². The number of hydrogen-bond donors (Lipinski definition) is 5. The third kappa shape index (κ3) is 4.91. The molecule has 154 valence electrons. The molecule has 7 heteroatoms. The van der Waals surface area contributed by atoms with Gasteiger partial charge in [0, 0.05) is 17.4 Å². The Balaban J connectivity index is 1.73. The second-order valence-electron chi connectivity index (χ2n) is 6.84. The van der Waals surface area contributed by atoms with Gasteiger partial charge in [0.05, 0.1) is 22.8 Å².